The van der Waals surface area contributed by atoms with Crippen LogP contribution in [0.5, 0.6) is 0 Å². The first-order chi connectivity index (χ1) is 9.05. The standard InChI is InChI=1S/C9H4F10O2/c10-5(11)3(1-2-4(20)21)6(12,13)8(16,17)9(18,19)7(5,14)15/h1-3H,(H,20,21). The molecule has 12 heteroatoms. The number of carboxylic acids is 1. The van der Waals surface area contributed by atoms with Crippen molar-refractivity contribution in [3.8, 4) is 0 Å². The number of hydrogen-bond donors (Lipinski definition) is 1. The summed E-state index contributed by atoms with van der Waals surface area (Å²) in [4.78, 5) is 10.0. The summed E-state index contributed by atoms with van der Waals surface area (Å²) < 4.78 is 130. The highest BCUT2D eigenvalue weighted by molar-refractivity contribution is 5.79. The first-order valence-electron chi connectivity index (χ1n) is 4.85. The zero-order valence-electron chi connectivity index (χ0n) is 9.37. The molecule has 0 bridgehead atoms. The Kier molecular flexibility index (Phi) is 3.56. The number of rotatable bonds is 2. The van der Waals surface area contributed by atoms with E-state index in [1.807, 2.05) is 0 Å². The zero-order chi connectivity index (χ0) is 17.1. The highest BCUT2D eigenvalue weighted by atomic mass is 19.4. The number of alkyl halides is 10. The van der Waals surface area contributed by atoms with E-state index in [1.165, 1.54) is 0 Å². The molecule has 0 saturated heterocycles. The van der Waals surface area contributed by atoms with E-state index in [1.54, 1.807) is 0 Å². The summed E-state index contributed by atoms with van der Waals surface area (Å²) in [6, 6.07) is 0. The van der Waals surface area contributed by atoms with Gasteiger partial charge in [-0.2, -0.15) is 43.9 Å². The Labute approximate surface area is 109 Å². The normalized spacial score (nSPS) is 29.4. The molecule has 0 atom stereocenters. The van der Waals surface area contributed by atoms with Gasteiger partial charge in [-0.05, 0) is 0 Å². The van der Waals surface area contributed by atoms with Gasteiger partial charge in [-0.1, -0.05) is 6.08 Å². The molecule has 1 fully saturated rings. The molecule has 2 nitrogen and oxygen atoms in total. The van der Waals surface area contributed by atoms with Crippen LogP contribution in [0.25, 0.3) is 0 Å². The van der Waals surface area contributed by atoms with Crippen molar-refractivity contribution in [1.29, 1.82) is 0 Å². The number of aliphatic carboxylic acids is 1. The van der Waals surface area contributed by atoms with Gasteiger partial charge in [0, 0.05) is 6.08 Å². The van der Waals surface area contributed by atoms with Crippen molar-refractivity contribution in [1.82, 2.24) is 0 Å². The quantitative estimate of drug-likeness (QED) is 0.621. The molecule has 0 radical (unpaired) electrons. The minimum atomic E-state index is -7.04. The highest BCUT2D eigenvalue weighted by Gasteiger charge is 2.94. The molecule has 0 aromatic heterocycles. The summed E-state index contributed by atoms with van der Waals surface area (Å²) in [6.45, 7) is 0. The third-order valence-electron chi connectivity index (χ3n) is 2.84. The average molecular weight is 334 g/mol. The van der Waals surface area contributed by atoms with Crippen molar-refractivity contribution in [2.24, 2.45) is 5.92 Å². The van der Waals surface area contributed by atoms with E-state index in [2.05, 4.69) is 0 Å². The van der Waals surface area contributed by atoms with Gasteiger partial charge in [0.2, 0.25) is 0 Å². The SMILES string of the molecule is O=C(O)C=CC1C(F)(F)C(F)(F)C(F)(F)C(F)(F)C1(F)F. The molecule has 0 aliphatic heterocycles. The average Bonchev–Trinajstić information content (AvgIpc) is 2.25. The molecule has 122 valence electrons. The Hall–Kier alpha value is -1.49. The molecule has 21 heavy (non-hydrogen) atoms. The fourth-order valence-electron chi connectivity index (χ4n) is 1.65. The summed E-state index contributed by atoms with van der Waals surface area (Å²) in [5.41, 5.74) is 0. The summed E-state index contributed by atoms with van der Waals surface area (Å²) in [5, 5.41) is 8.05. The maximum Gasteiger partial charge on any atom is 0.384 e. The van der Waals surface area contributed by atoms with E-state index < -0.39 is 53.7 Å². The van der Waals surface area contributed by atoms with E-state index in [0.717, 1.165) is 0 Å². The van der Waals surface area contributed by atoms with Crippen LogP contribution in [-0.4, -0.2) is 40.7 Å². The maximum absolute atomic E-state index is 13.1. The highest BCUT2D eigenvalue weighted by Crippen LogP contribution is 2.67. The van der Waals surface area contributed by atoms with Gasteiger partial charge in [-0.25, -0.2) is 4.79 Å². The minimum absolute atomic E-state index is 0.540. The van der Waals surface area contributed by atoms with Crippen molar-refractivity contribution in [3.05, 3.63) is 12.2 Å². The Bertz CT molecular complexity index is 451. The summed E-state index contributed by atoms with van der Waals surface area (Å²) >= 11 is 0. The Morgan fingerprint density at radius 3 is 1.38 bits per heavy atom. The predicted molar refractivity (Wildman–Crippen MR) is 45.0 cm³/mol. The van der Waals surface area contributed by atoms with Crippen LogP contribution in [0, 0.1) is 5.92 Å². The molecule has 1 aliphatic rings. The fourth-order valence-corrected chi connectivity index (χ4v) is 1.65. The predicted octanol–water partition coefficient (Wildman–Crippen LogP) is 3.43. The van der Waals surface area contributed by atoms with E-state index >= 15 is 0 Å². The summed E-state index contributed by atoms with van der Waals surface area (Å²) in [5.74, 6) is -39.9. The fraction of sp³-hybridized carbons (Fsp3) is 0.667. The lowest BCUT2D eigenvalue weighted by atomic mass is 9.74. The minimum Gasteiger partial charge on any atom is -0.478 e. The van der Waals surface area contributed by atoms with E-state index in [-0.39, 0.29) is 0 Å². The number of hydrogen-bond acceptors (Lipinski definition) is 1. The second-order valence-corrected chi connectivity index (χ2v) is 4.14. The van der Waals surface area contributed by atoms with Crippen molar-refractivity contribution in [2.75, 3.05) is 0 Å². The molecule has 1 N–H and O–H groups in total. The first kappa shape index (κ1) is 17.6. The van der Waals surface area contributed by atoms with Crippen molar-refractivity contribution in [3.63, 3.8) is 0 Å². The van der Waals surface area contributed by atoms with E-state index in [0.29, 0.717) is 0 Å². The third-order valence-corrected chi connectivity index (χ3v) is 2.84. The molecular weight excluding hydrogens is 330 g/mol. The smallest absolute Gasteiger partial charge is 0.384 e. The zero-order valence-corrected chi connectivity index (χ0v) is 9.37. The van der Waals surface area contributed by atoms with Crippen molar-refractivity contribution in [2.45, 2.75) is 29.6 Å². The summed E-state index contributed by atoms with van der Waals surface area (Å²) in [7, 11) is 0. The van der Waals surface area contributed by atoms with Crippen LogP contribution in [0.15, 0.2) is 12.2 Å². The molecule has 0 heterocycles. The number of carbonyl (C=O) groups is 1. The lowest BCUT2D eigenvalue weighted by Crippen LogP contribution is -2.77. The van der Waals surface area contributed by atoms with Crippen LogP contribution < -0.4 is 0 Å². The largest absolute Gasteiger partial charge is 0.478 e. The number of halogens is 10. The second-order valence-electron chi connectivity index (χ2n) is 4.14. The van der Waals surface area contributed by atoms with Gasteiger partial charge in [-0.15, -0.1) is 0 Å². The second kappa shape index (κ2) is 4.26. The first-order valence-corrected chi connectivity index (χ1v) is 4.85. The van der Waals surface area contributed by atoms with Crippen molar-refractivity contribution >= 4 is 5.97 Å². The van der Waals surface area contributed by atoms with Crippen LogP contribution in [0.4, 0.5) is 43.9 Å². The van der Waals surface area contributed by atoms with Crippen LogP contribution in [-0.2, 0) is 4.79 Å². The monoisotopic (exact) mass is 334 g/mol. The lowest BCUT2D eigenvalue weighted by molar-refractivity contribution is -0.457. The van der Waals surface area contributed by atoms with Gasteiger partial charge in [0.15, 0.2) is 0 Å². The molecule has 0 unspecified atom stereocenters. The van der Waals surface area contributed by atoms with Gasteiger partial charge in [0.05, 0.1) is 0 Å². The van der Waals surface area contributed by atoms with Gasteiger partial charge in [0.25, 0.3) is 0 Å². The number of allylic oxidation sites excluding steroid dienone is 1. The molecule has 0 amide bonds. The molecule has 1 saturated carbocycles. The topological polar surface area (TPSA) is 37.3 Å². The Morgan fingerprint density at radius 1 is 0.762 bits per heavy atom. The maximum atomic E-state index is 13.1. The van der Waals surface area contributed by atoms with E-state index in [9.17, 15) is 48.7 Å². The van der Waals surface area contributed by atoms with Crippen LogP contribution in [0.3, 0.4) is 0 Å². The van der Waals surface area contributed by atoms with Gasteiger partial charge in [0.1, 0.15) is 5.92 Å². The van der Waals surface area contributed by atoms with E-state index in [4.69, 9.17) is 5.11 Å². The lowest BCUT2D eigenvalue weighted by Gasteiger charge is -2.48. The Morgan fingerprint density at radius 2 is 1.10 bits per heavy atom. The molecular formula is C9H4F10O2. The number of carboxylic acid groups (broad SMARTS) is 1. The van der Waals surface area contributed by atoms with Crippen LogP contribution in [0.1, 0.15) is 0 Å². The molecule has 1 aliphatic carbocycles. The molecule has 0 aromatic rings. The van der Waals surface area contributed by atoms with Gasteiger partial charge >= 0.3 is 35.6 Å². The van der Waals surface area contributed by atoms with Crippen LogP contribution >= 0.6 is 0 Å². The van der Waals surface area contributed by atoms with Crippen LogP contribution in [0.2, 0.25) is 0 Å². The third kappa shape index (κ3) is 1.90. The summed E-state index contributed by atoms with van der Waals surface area (Å²) in [6.07, 6.45) is -1.40. The Balaban J connectivity index is 3.61. The van der Waals surface area contributed by atoms with Crippen molar-refractivity contribution < 1.29 is 53.8 Å². The molecule has 1 rings (SSSR count). The van der Waals surface area contributed by atoms with Gasteiger partial charge < -0.3 is 5.11 Å². The molecule has 0 spiro atoms. The molecule has 0 aromatic carbocycles. The van der Waals surface area contributed by atoms with Gasteiger partial charge in [-0.3, -0.25) is 0 Å².